The summed E-state index contributed by atoms with van der Waals surface area (Å²) in [6.07, 6.45) is 1.34. The monoisotopic (exact) mass is 221 g/mol. The summed E-state index contributed by atoms with van der Waals surface area (Å²) in [4.78, 5) is 0. The zero-order valence-corrected chi connectivity index (χ0v) is 10.8. The zero-order valence-electron chi connectivity index (χ0n) is 10.8. The van der Waals surface area contributed by atoms with Crippen LogP contribution < -0.4 is 10.1 Å². The van der Waals surface area contributed by atoms with Gasteiger partial charge in [-0.05, 0) is 37.9 Å². The van der Waals surface area contributed by atoms with Gasteiger partial charge in [0.25, 0.3) is 0 Å². The molecule has 2 unspecified atom stereocenters. The third-order valence-corrected chi connectivity index (χ3v) is 2.88. The molecule has 1 N–H and O–H groups in total. The Morgan fingerprint density at radius 1 is 1.25 bits per heavy atom. The molecule has 0 aliphatic heterocycles. The van der Waals surface area contributed by atoms with Gasteiger partial charge in [0.15, 0.2) is 0 Å². The summed E-state index contributed by atoms with van der Waals surface area (Å²) in [5.41, 5.74) is 1.31. The predicted molar refractivity (Wildman–Crippen MR) is 69.2 cm³/mol. The standard InChI is InChI=1S/C14H23NO/c1-5-11(2)13-8-6-7-9-14(13)16-12(3)10-15-4/h6-9,11-12,15H,5,10H2,1-4H3. The molecule has 2 atom stereocenters. The maximum absolute atomic E-state index is 5.95. The van der Waals surface area contributed by atoms with Crippen molar-refractivity contribution in [2.24, 2.45) is 0 Å². The average Bonchev–Trinajstić information content (AvgIpc) is 2.29. The Kier molecular flexibility index (Phi) is 5.33. The molecule has 16 heavy (non-hydrogen) atoms. The first-order valence-electron chi connectivity index (χ1n) is 6.09. The molecule has 2 heteroatoms. The number of likely N-dealkylation sites (N-methyl/N-ethyl adjacent to an activating group) is 1. The highest BCUT2D eigenvalue weighted by Crippen LogP contribution is 2.28. The van der Waals surface area contributed by atoms with Gasteiger partial charge in [0.05, 0.1) is 0 Å². The molecule has 0 saturated carbocycles. The van der Waals surface area contributed by atoms with E-state index < -0.39 is 0 Å². The fourth-order valence-corrected chi connectivity index (χ4v) is 1.76. The van der Waals surface area contributed by atoms with Crippen molar-refractivity contribution in [3.05, 3.63) is 29.8 Å². The minimum atomic E-state index is 0.204. The first kappa shape index (κ1) is 13.0. The fourth-order valence-electron chi connectivity index (χ4n) is 1.76. The lowest BCUT2D eigenvalue weighted by molar-refractivity contribution is 0.217. The van der Waals surface area contributed by atoms with Crippen LogP contribution in [0.15, 0.2) is 24.3 Å². The number of rotatable bonds is 6. The van der Waals surface area contributed by atoms with Gasteiger partial charge in [-0.25, -0.2) is 0 Å². The van der Waals surface area contributed by atoms with Crippen LogP contribution in [0.25, 0.3) is 0 Å². The zero-order chi connectivity index (χ0) is 12.0. The van der Waals surface area contributed by atoms with Crippen LogP contribution in [0.4, 0.5) is 0 Å². The van der Waals surface area contributed by atoms with Gasteiger partial charge >= 0.3 is 0 Å². The molecule has 0 bridgehead atoms. The van der Waals surface area contributed by atoms with E-state index in [1.807, 2.05) is 13.1 Å². The van der Waals surface area contributed by atoms with Gasteiger partial charge in [-0.2, -0.15) is 0 Å². The van der Waals surface area contributed by atoms with Gasteiger partial charge in [0, 0.05) is 6.54 Å². The van der Waals surface area contributed by atoms with Crippen molar-refractivity contribution in [2.75, 3.05) is 13.6 Å². The Labute approximate surface area is 99.0 Å². The van der Waals surface area contributed by atoms with E-state index in [4.69, 9.17) is 4.74 Å². The van der Waals surface area contributed by atoms with Crippen molar-refractivity contribution in [1.82, 2.24) is 5.32 Å². The van der Waals surface area contributed by atoms with Crippen LogP contribution in [0.5, 0.6) is 5.75 Å². The van der Waals surface area contributed by atoms with Crippen molar-refractivity contribution < 1.29 is 4.74 Å². The fraction of sp³-hybridized carbons (Fsp3) is 0.571. The van der Waals surface area contributed by atoms with Crippen LogP contribution >= 0.6 is 0 Å². The number of para-hydroxylation sites is 1. The summed E-state index contributed by atoms with van der Waals surface area (Å²) in [6, 6.07) is 8.34. The van der Waals surface area contributed by atoms with Gasteiger partial charge in [0.2, 0.25) is 0 Å². The SMILES string of the molecule is CCC(C)c1ccccc1OC(C)CNC. The Morgan fingerprint density at radius 3 is 2.56 bits per heavy atom. The van der Waals surface area contributed by atoms with Gasteiger partial charge in [-0.3, -0.25) is 0 Å². The quantitative estimate of drug-likeness (QED) is 0.796. The summed E-state index contributed by atoms with van der Waals surface area (Å²) in [6.45, 7) is 7.40. The van der Waals surface area contributed by atoms with Gasteiger partial charge < -0.3 is 10.1 Å². The lowest BCUT2D eigenvalue weighted by atomic mass is 9.98. The van der Waals surface area contributed by atoms with Crippen LogP contribution in [0.2, 0.25) is 0 Å². The van der Waals surface area contributed by atoms with Crippen molar-refractivity contribution in [1.29, 1.82) is 0 Å². The highest BCUT2D eigenvalue weighted by Gasteiger charge is 2.11. The molecule has 0 amide bonds. The van der Waals surface area contributed by atoms with Crippen molar-refractivity contribution in [2.45, 2.75) is 39.2 Å². The van der Waals surface area contributed by atoms with E-state index in [-0.39, 0.29) is 6.10 Å². The smallest absolute Gasteiger partial charge is 0.123 e. The Morgan fingerprint density at radius 2 is 1.94 bits per heavy atom. The minimum absolute atomic E-state index is 0.204. The molecule has 0 aliphatic rings. The second kappa shape index (κ2) is 6.54. The molecule has 1 rings (SSSR count). The number of nitrogens with one attached hydrogen (secondary N) is 1. The van der Waals surface area contributed by atoms with Crippen LogP contribution in [-0.4, -0.2) is 19.7 Å². The Balaban J connectivity index is 2.78. The van der Waals surface area contributed by atoms with Crippen LogP contribution in [-0.2, 0) is 0 Å². The molecule has 0 radical (unpaired) electrons. The maximum Gasteiger partial charge on any atom is 0.123 e. The second-order valence-corrected chi connectivity index (χ2v) is 4.33. The molecular weight excluding hydrogens is 198 g/mol. The van der Waals surface area contributed by atoms with E-state index in [2.05, 4.69) is 44.3 Å². The van der Waals surface area contributed by atoms with Crippen molar-refractivity contribution in [3.63, 3.8) is 0 Å². The molecule has 1 aromatic carbocycles. The van der Waals surface area contributed by atoms with E-state index in [0.717, 1.165) is 18.7 Å². The number of hydrogen-bond acceptors (Lipinski definition) is 2. The van der Waals surface area contributed by atoms with E-state index in [0.29, 0.717) is 5.92 Å². The number of ether oxygens (including phenoxy) is 1. The normalized spacial score (nSPS) is 14.5. The molecule has 0 aliphatic carbocycles. The Hall–Kier alpha value is -1.02. The molecule has 0 spiro atoms. The highest BCUT2D eigenvalue weighted by atomic mass is 16.5. The number of benzene rings is 1. The molecule has 90 valence electrons. The summed E-state index contributed by atoms with van der Waals surface area (Å²) in [5.74, 6) is 1.58. The van der Waals surface area contributed by atoms with Gasteiger partial charge in [0.1, 0.15) is 11.9 Å². The Bertz CT molecular complexity index is 311. The maximum atomic E-state index is 5.95. The van der Waals surface area contributed by atoms with Crippen LogP contribution in [0.3, 0.4) is 0 Å². The highest BCUT2D eigenvalue weighted by molar-refractivity contribution is 5.36. The first-order valence-corrected chi connectivity index (χ1v) is 6.09. The van der Waals surface area contributed by atoms with Crippen molar-refractivity contribution >= 4 is 0 Å². The van der Waals surface area contributed by atoms with Crippen LogP contribution in [0.1, 0.15) is 38.7 Å². The average molecular weight is 221 g/mol. The van der Waals surface area contributed by atoms with E-state index in [1.54, 1.807) is 0 Å². The third kappa shape index (κ3) is 3.53. The predicted octanol–water partition coefficient (Wildman–Crippen LogP) is 3.19. The summed E-state index contributed by atoms with van der Waals surface area (Å²) in [7, 11) is 1.94. The molecule has 0 aromatic heterocycles. The topological polar surface area (TPSA) is 21.3 Å². The van der Waals surface area contributed by atoms with E-state index in [9.17, 15) is 0 Å². The molecule has 0 saturated heterocycles. The summed E-state index contributed by atoms with van der Waals surface area (Å²) in [5, 5.41) is 3.13. The molecule has 0 fully saturated rings. The molecule has 1 aromatic rings. The lowest BCUT2D eigenvalue weighted by Crippen LogP contribution is -2.26. The first-order chi connectivity index (χ1) is 7.69. The van der Waals surface area contributed by atoms with Crippen LogP contribution in [0, 0.1) is 0 Å². The molecule has 0 heterocycles. The number of hydrogen-bond donors (Lipinski definition) is 1. The summed E-state index contributed by atoms with van der Waals surface area (Å²) >= 11 is 0. The minimum Gasteiger partial charge on any atom is -0.489 e. The van der Waals surface area contributed by atoms with Crippen molar-refractivity contribution in [3.8, 4) is 5.75 Å². The summed E-state index contributed by atoms with van der Waals surface area (Å²) < 4.78 is 5.95. The second-order valence-electron chi connectivity index (χ2n) is 4.33. The van der Waals surface area contributed by atoms with E-state index in [1.165, 1.54) is 5.56 Å². The third-order valence-electron chi connectivity index (χ3n) is 2.88. The largest absolute Gasteiger partial charge is 0.489 e. The van der Waals surface area contributed by atoms with Gasteiger partial charge in [-0.15, -0.1) is 0 Å². The molecular formula is C14H23NO. The van der Waals surface area contributed by atoms with Gasteiger partial charge in [-0.1, -0.05) is 32.0 Å². The molecule has 2 nitrogen and oxygen atoms in total. The lowest BCUT2D eigenvalue weighted by Gasteiger charge is -2.19. The van der Waals surface area contributed by atoms with E-state index >= 15 is 0 Å².